The molecule has 1 fully saturated rings. The molecule has 2 amide bonds. The van der Waals surface area contributed by atoms with Crippen LogP contribution in [0.25, 0.3) is 0 Å². The molecule has 1 aliphatic heterocycles. The van der Waals surface area contributed by atoms with Gasteiger partial charge in [0.25, 0.3) is 15.9 Å². The van der Waals surface area contributed by atoms with E-state index in [9.17, 15) is 22.4 Å². The summed E-state index contributed by atoms with van der Waals surface area (Å²) in [5, 5.41) is 2.67. The number of amides is 2. The minimum absolute atomic E-state index is 0.0685. The number of para-hydroxylation sites is 1. The third kappa shape index (κ3) is 6.29. The predicted octanol–water partition coefficient (Wildman–Crippen LogP) is 3.53. The van der Waals surface area contributed by atoms with Crippen molar-refractivity contribution in [1.29, 1.82) is 0 Å². The molecule has 3 aromatic rings. The highest BCUT2D eigenvalue weighted by Gasteiger charge is 2.28. The molecule has 9 nitrogen and oxygen atoms in total. The Labute approximate surface area is 220 Å². The first-order chi connectivity index (χ1) is 18.3. The van der Waals surface area contributed by atoms with Crippen molar-refractivity contribution < 1.29 is 31.9 Å². The van der Waals surface area contributed by atoms with E-state index in [2.05, 4.69) is 5.32 Å². The SMILES string of the molecule is CCOc1ccc(S(=O)(=O)N(CC(=O)Nc2ccccc2C(=O)N2CCOCC2)c2ccc(F)cc2)cc1. The number of carbonyl (C=O) groups excluding carboxylic acids is 2. The van der Waals surface area contributed by atoms with Gasteiger partial charge in [-0.05, 0) is 67.6 Å². The van der Waals surface area contributed by atoms with E-state index >= 15 is 0 Å². The zero-order valence-electron chi connectivity index (χ0n) is 20.8. The van der Waals surface area contributed by atoms with Crippen LogP contribution in [0.5, 0.6) is 5.75 Å². The quantitative estimate of drug-likeness (QED) is 0.445. The van der Waals surface area contributed by atoms with Crippen molar-refractivity contribution in [3.05, 3.63) is 84.2 Å². The van der Waals surface area contributed by atoms with E-state index in [1.807, 2.05) is 6.92 Å². The second kappa shape index (κ2) is 12.1. The molecule has 1 saturated heterocycles. The minimum Gasteiger partial charge on any atom is -0.494 e. The van der Waals surface area contributed by atoms with Gasteiger partial charge in [-0.25, -0.2) is 12.8 Å². The summed E-state index contributed by atoms with van der Waals surface area (Å²) >= 11 is 0. The Kier molecular flexibility index (Phi) is 8.59. The molecule has 1 aliphatic rings. The van der Waals surface area contributed by atoms with Gasteiger partial charge in [0.2, 0.25) is 5.91 Å². The number of hydrogen-bond donors (Lipinski definition) is 1. The van der Waals surface area contributed by atoms with Crippen LogP contribution in [0.2, 0.25) is 0 Å². The smallest absolute Gasteiger partial charge is 0.264 e. The van der Waals surface area contributed by atoms with E-state index < -0.39 is 28.3 Å². The van der Waals surface area contributed by atoms with E-state index in [1.54, 1.807) is 29.2 Å². The fraction of sp³-hybridized carbons (Fsp3) is 0.259. The van der Waals surface area contributed by atoms with Crippen LogP contribution < -0.4 is 14.4 Å². The predicted molar refractivity (Wildman–Crippen MR) is 140 cm³/mol. The third-order valence-corrected chi connectivity index (χ3v) is 7.64. The van der Waals surface area contributed by atoms with Crippen molar-refractivity contribution in [3.8, 4) is 5.75 Å². The monoisotopic (exact) mass is 541 g/mol. The van der Waals surface area contributed by atoms with Crippen LogP contribution in [0.3, 0.4) is 0 Å². The molecule has 0 bridgehead atoms. The van der Waals surface area contributed by atoms with Crippen LogP contribution in [0.15, 0.2) is 77.7 Å². The summed E-state index contributed by atoms with van der Waals surface area (Å²) < 4.78 is 52.4. The molecule has 38 heavy (non-hydrogen) atoms. The molecule has 0 aliphatic carbocycles. The standard InChI is InChI=1S/C27H28FN3O6S/c1-2-37-22-11-13-23(14-12-22)38(34,35)31(21-9-7-20(28)8-10-21)19-26(32)29-25-6-4-3-5-24(25)27(33)30-15-17-36-18-16-30/h3-14H,2,15-19H2,1H3,(H,29,32). The molecule has 0 radical (unpaired) electrons. The van der Waals surface area contributed by atoms with Crippen LogP contribution in [0, 0.1) is 5.82 Å². The van der Waals surface area contributed by atoms with Gasteiger partial charge in [-0.2, -0.15) is 0 Å². The lowest BCUT2D eigenvalue weighted by Gasteiger charge is -2.28. The largest absolute Gasteiger partial charge is 0.494 e. The molecule has 0 aromatic heterocycles. The molecule has 0 spiro atoms. The number of ether oxygens (including phenoxy) is 2. The molecule has 0 unspecified atom stereocenters. The fourth-order valence-electron chi connectivity index (χ4n) is 3.96. The van der Waals surface area contributed by atoms with Gasteiger partial charge in [-0.1, -0.05) is 12.1 Å². The Morgan fingerprint density at radius 3 is 2.32 bits per heavy atom. The average Bonchev–Trinajstić information content (AvgIpc) is 2.93. The van der Waals surface area contributed by atoms with Crippen LogP contribution >= 0.6 is 0 Å². The topological polar surface area (TPSA) is 105 Å². The van der Waals surface area contributed by atoms with Gasteiger partial charge < -0.3 is 19.7 Å². The summed E-state index contributed by atoms with van der Waals surface area (Å²) in [6.07, 6.45) is 0. The maximum atomic E-state index is 13.6. The normalized spacial score (nSPS) is 13.6. The summed E-state index contributed by atoms with van der Waals surface area (Å²) in [5.74, 6) is -0.987. The minimum atomic E-state index is -4.22. The molecule has 200 valence electrons. The zero-order valence-corrected chi connectivity index (χ0v) is 21.6. The number of benzene rings is 3. The van der Waals surface area contributed by atoms with Crippen LogP contribution in [0.1, 0.15) is 17.3 Å². The highest BCUT2D eigenvalue weighted by Crippen LogP contribution is 2.26. The maximum absolute atomic E-state index is 13.6. The average molecular weight is 542 g/mol. The summed E-state index contributed by atoms with van der Waals surface area (Å²) in [4.78, 5) is 27.8. The third-order valence-electron chi connectivity index (χ3n) is 5.85. The second-order valence-corrected chi connectivity index (χ2v) is 10.3. The summed E-state index contributed by atoms with van der Waals surface area (Å²) in [5.41, 5.74) is 0.644. The number of hydrogen-bond acceptors (Lipinski definition) is 6. The first-order valence-corrected chi connectivity index (χ1v) is 13.5. The lowest BCUT2D eigenvalue weighted by atomic mass is 10.1. The Morgan fingerprint density at radius 1 is 1.00 bits per heavy atom. The second-order valence-electron chi connectivity index (χ2n) is 8.39. The molecule has 1 heterocycles. The Morgan fingerprint density at radius 2 is 1.66 bits per heavy atom. The molecule has 0 saturated carbocycles. The number of halogens is 1. The van der Waals surface area contributed by atoms with E-state index in [1.165, 1.54) is 36.4 Å². The first-order valence-electron chi connectivity index (χ1n) is 12.1. The lowest BCUT2D eigenvalue weighted by molar-refractivity contribution is -0.114. The number of nitrogens with one attached hydrogen (secondary N) is 1. The van der Waals surface area contributed by atoms with E-state index in [0.29, 0.717) is 38.7 Å². The van der Waals surface area contributed by atoms with Crippen molar-refractivity contribution >= 4 is 33.2 Å². The molecule has 11 heteroatoms. The number of morpholine rings is 1. The Bertz CT molecular complexity index is 1370. The molecule has 1 N–H and O–H groups in total. The molecule has 4 rings (SSSR count). The van der Waals surface area contributed by atoms with Gasteiger partial charge in [0.15, 0.2) is 0 Å². The van der Waals surface area contributed by atoms with Crippen molar-refractivity contribution in [3.63, 3.8) is 0 Å². The van der Waals surface area contributed by atoms with Gasteiger partial charge in [0.1, 0.15) is 18.1 Å². The van der Waals surface area contributed by atoms with E-state index in [0.717, 1.165) is 16.4 Å². The summed E-state index contributed by atoms with van der Waals surface area (Å²) in [7, 11) is -4.22. The first kappa shape index (κ1) is 27.1. The molecular weight excluding hydrogens is 513 g/mol. The van der Waals surface area contributed by atoms with Gasteiger partial charge in [-0.3, -0.25) is 13.9 Å². The number of carbonyl (C=O) groups is 2. The van der Waals surface area contributed by atoms with Crippen LogP contribution in [-0.4, -0.2) is 64.6 Å². The number of nitrogens with zero attached hydrogens (tertiary/aromatic N) is 2. The Hall–Kier alpha value is -3.96. The molecule has 3 aromatic carbocycles. The number of sulfonamides is 1. The van der Waals surface area contributed by atoms with Gasteiger partial charge in [-0.15, -0.1) is 0 Å². The Balaban J connectivity index is 1.60. The summed E-state index contributed by atoms with van der Waals surface area (Å²) in [6.45, 7) is 3.34. The fourth-order valence-corrected chi connectivity index (χ4v) is 5.38. The van der Waals surface area contributed by atoms with Crippen molar-refractivity contribution in [1.82, 2.24) is 4.90 Å². The van der Waals surface area contributed by atoms with Crippen LogP contribution in [0.4, 0.5) is 15.8 Å². The van der Waals surface area contributed by atoms with Crippen molar-refractivity contribution in [2.24, 2.45) is 0 Å². The summed E-state index contributed by atoms with van der Waals surface area (Å²) in [6, 6.07) is 17.1. The van der Waals surface area contributed by atoms with E-state index in [4.69, 9.17) is 9.47 Å². The maximum Gasteiger partial charge on any atom is 0.264 e. The number of anilines is 2. The van der Waals surface area contributed by atoms with Gasteiger partial charge >= 0.3 is 0 Å². The highest BCUT2D eigenvalue weighted by atomic mass is 32.2. The molecule has 0 atom stereocenters. The van der Waals surface area contributed by atoms with Gasteiger partial charge in [0, 0.05) is 13.1 Å². The van der Waals surface area contributed by atoms with Crippen molar-refractivity contribution in [2.45, 2.75) is 11.8 Å². The zero-order chi connectivity index (χ0) is 27.1. The van der Waals surface area contributed by atoms with E-state index in [-0.39, 0.29) is 27.7 Å². The van der Waals surface area contributed by atoms with Crippen LogP contribution in [-0.2, 0) is 19.6 Å². The van der Waals surface area contributed by atoms with Crippen molar-refractivity contribution in [2.75, 3.05) is 49.1 Å². The lowest BCUT2D eigenvalue weighted by Crippen LogP contribution is -2.41. The molecular formula is C27H28FN3O6S. The number of rotatable bonds is 9. The highest BCUT2D eigenvalue weighted by molar-refractivity contribution is 7.92. The van der Waals surface area contributed by atoms with Gasteiger partial charge in [0.05, 0.1) is 41.7 Å².